The lowest BCUT2D eigenvalue weighted by Crippen LogP contribution is -2.48. The number of anilines is 1. The summed E-state index contributed by atoms with van der Waals surface area (Å²) in [5, 5.41) is 11.4. The van der Waals surface area contributed by atoms with E-state index in [1.165, 1.54) is 17.0 Å². The van der Waals surface area contributed by atoms with Crippen molar-refractivity contribution in [1.82, 2.24) is 4.90 Å². The Labute approximate surface area is 123 Å². The predicted octanol–water partition coefficient (Wildman–Crippen LogP) is 3.24. The van der Waals surface area contributed by atoms with Gasteiger partial charge in [-0.1, -0.05) is 6.07 Å². The summed E-state index contributed by atoms with van der Waals surface area (Å²) < 4.78 is 13.2. The SMILES string of the molecule is Cc1ccc(F)cc1NC(=O)N(CCC(=O)O)C(C)(C)C. The molecule has 1 aromatic carbocycles. The molecule has 1 aromatic rings. The molecule has 0 unspecified atom stereocenters. The van der Waals surface area contributed by atoms with Crippen LogP contribution in [0.5, 0.6) is 0 Å². The highest BCUT2D eigenvalue weighted by Crippen LogP contribution is 2.20. The third kappa shape index (κ3) is 5.06. The van der Waals surface area contributed by atoms with E-state index in [-0.39, 0.29) is 13.0 Å². The van der Waals surface area contributed by atoms with Crippen LogP contribution in [0.2, 0.25) is 0 Å². The van der Waals surface area contributed by atoms with Crippen LogP contribution in [0.25, 0.3) is 0 Å². The minimum atomic E-state index is -0.973. The highest BCUT2D eigenvalue weighted by Gasteiger charge is 2.27. The number of nitrogens with one attached hydrogen (secondary N) is 1. The minimum Gasteiger partial charge on any atom is -0.481 e. The van der Waals surface area contributed by atoms with E-state index in [0.717, 1.165) is 5.56 Å². The number of hydrogen-bond donors (Lipinski definition) is 2. The standard InChI is InChI=1S/C15H21FN2O3/c1-10-5-6-11(16)9-12(10)17-14(21)18(15(2,3)4)8-7-13(19)20/h5-6,9H,7-8H2,1-4H3,(H,17,21)(H,19,20). The van der Waals surface area contributed by atoms with E-state index in [4.69, 9.17) is 5.11 Å². The van der Waals surface area contributed by atoms with Crippen molar-refractivity contribution in [3.63, 3.8) is 0 Å². The Morgan fingerprint density at radius 2 is 1.95 bits per heavy atom. The Balaban J connectivity index is 2.90. The molecular formula is C15H21FN2O3. The minimum absolute atomic E-state index is 0.0824. The van der Waals surface area contributed by atoms with Gasteiger partial charge in [-0.3, -0.25) is 4.79 Å². The first-order chi connectivity index (χ1) is 9.61. The lowest BCUT2D eigenvalue weighted by Gasteiger charge is -2.35. The molecule has 116 valence electrons. The topological polar surface area (TPSA) is 69.6 Å². The van der Waals surface area contributed by atoms with Crippen LogP contribution in [-0.4, -0.2) is 34.1 Å². The second-order valence-corrected chi connectivity index (χ2v) is 5.86. The Hall–Kier alpha value is -2.11. The molecule has 21 heavy (non-hydrogen) atoms. The van der Waals surface area contributed by atoms with Crippen LogP contribution >= 0.6 is 0 Å². The number of carbonyl (C=O) groups excluding carboxylic acids is 1. The van der Waals surface area contributed by atoms with E-state index in [1.807, 2.05) is 20.8 Å². The third-order valence-corrected chi connectivity index (χ3v) is 3.05. The molecule has 0 atom stereocenters. The van der Waals surface area contributed by atoms with Crippen molar-refractivity contribution in [3.8, 4) is 0 Å². The molecule has 2 amide bonds. The van der Waals surface area contributed by atoms with Crippen molar-refractivity contribution in [1.29, 1.82) is 0 Å². The fourth-order valence-electron chi connectivity index (χ4n) is 1.86. The van der Waals surface area contributed by atoms with Crippen molar-refractivity contribution >= 4 is 17.7 Å². The van der Waals surface area contributed by atoms with Crippen LogP contribution in [0.3, 0.4) is 0 Å². The zero-order chi connectivity index (χ0) is 16.2. The van der Waals surface area contributed by atoms with E-state index in [9.17, 15) is 14.0 Å². The number of hydrogen-bond acceptors (Lipinski definition) is 2. The summed E-state index contributed by atoms with van der Waals surface area (Å²) in [5.74, 6) is -1.41. The van der Waals surface area contributed by atoms with Gasteiger partial charge in [-0.25, -0.2) is 9.18 Å². The van der Waals surface area contributed by atoms with Gasteiger partial charge in [0.1, 0.15) is 5.82 Å². The summed E-state index contributed by atoms with van der Waals surface area (Å²) in [6.07, 6.45) is -0.146. The lowest BCUT2D eigenvalue weighted by atomic mass is 10.1. The molecule has 0 aromatic heterocycles. The fraction of sp³-hybridized carbons (Fsp3) is 0.467. The van der Waals surface area contributed by atoms with Crippen LogP contribution in [0.15, 0.2) is 18.2 Å². The quantitative estimate of drug-likeness (QED) is 0.896. The van der Waals surface area contributed by atoms with Crippen LogP contribution in [0, 0.1) is 12.7 Å². The van der Waals surface area contributed by atoms with Gasteiger partial charge in [0.25, 0.3) is 0 Å². The van der Waals surface area contributed by atoms with Gasteiger partial charge in [0.2, 0.25) is 0 Å². The monoisotopic (exact) mass is 296 g/mol. The van der Waals surface area contributed by atoms with Gasteiger partial charge in [0.15, 0.2) is 0 Å². The van der Waals surface area contributed by atoms with E-state index in [0.29, 0.717) is 5.69 Å². The molecule has 0 aliphatic heterocycles. The maximum atomic E-state index is 13.2. The number of aliphatic carboxylic acids is 1. The number of urea groups is 1. The van der Waals surface area contributed by atoms with Crippen LogP contribution in [0.4, 0.5) is 14.9 Å². The van der Waals surface area contributed by atoms with Gasteiger partial charge in [-0.15, -0.1) is 0 Å². The summed E-state index contributed by atoms with van der Waals surface area (Å²) in [5.41, 5.74) is 0.572. The van der Waals surface area contributed by atoms with Crippen LogP contribution in [0.1, 0.15) is 32.8 Å². The highest BCUT2D eigenvalue weighted by atomic mass is 19.1. The number of benzene rings is 1. The smallest absolute Gasteiger partial charge is 0.322 e. The number of rotatable bonds is 4. The zero-order valence-electron chi connectivity index (χ0n) is 12.7. The number of halogens is 1. The summed E-state index contributed by atoms with van der Waals surface area (Å²) >= 11 is 0. The van der Waals surface area contributed by atoms with Gasteiger partial charge in [0.05, 0.1) is 6.42 Å². The van der Waals surface area contributed by atoms with Crippen molar-refractivity contribution in [2.24, 2.45) is 0 Å². The maximum Gasteiger partial charge on any atom is 0.322 e. The Morgan fingerprint density at radius 1 is 1.33 bits per heavy atom. The Kier molecular flexibility index (Phi) is 5.29. The van der Waals surface area contributed by atoms with Crippen LogP contribution < -0.4 is 5.32 Å². The first kappa shape index (κ1) is 16.9. The molecule has 0 saturated heterocycles. The molecule has 0 bridgehead atoms. The second-order valence-electron chi connectivity index (χ2n) is 5.86. The van der Waals surface area contributed by atoms with Crippen molar-refractivity contribution < 1.29 is 19.1 Å². The number of carboxylic acid groups (broad SMARTS) is 1. The van der Waals surface area contributed by atoms with Crippen molar-refractivity contribution in [3.05, 3.63) is 29.6 Å². The largest absolute Gasteiger partial charge is 0.481 e. The number of amides is 2. The number of nitrogens with zero attached hydrogens (tertiary/aromatic N) is 1. The lowest BCUT2D eigenvalue weighted by molar-refractivity contribution is -0.137. The van der Waals surface area contributed by atoms with Crippen molar-refractivity contribution in [2.75, 3.05) is 11.9 Å². The fourth-order valence-corrected chi connectivity index (χ4v) is 1.86. The third-order valence-electron chi connectivity index (χ3n) is 3.05. The van der Waals surface area contributed by atoms with Gasteiger partial charge in [0, 0.05) is 17.8 Å². The molecule has 6 heteroatoms. The first-order valence-corrected chi connectivity index (χ1v) is 6.68. The normalized spacial score (nSPS) is 11.1. The molecule has 5 nitrogen and oxygen atoms in total. The molecule has 2 N–H and O–H groups in total. The molecule has 0 aliphatic rings. The molecule has 0 heterocycles. The number of carboxylic acids is 1. The number of aryl methyl sites for hydroxylation is 1. The molecule has 0 radical (unpaired) electrons. The van der Waals surface area contributed by atoms with Gasteiger partial charge in [-0.2, -0.15) is 0 Å². The van der Waals surface area contributed by atoms with Gasteiger partial charge >= 0.3 is 12.0 Å². The first-order valence-electron chi connectivity index (χ1n) is 6.68. The van der Waals surface area contributed by atoms with Gasteiger partial charge < -0.3 is 15.3 Å². The summed E-state index contributed by atoms with van der Waals surface area (Å²) in [6, 6.07) is 3.68. The summed E-state index contributed by atoms with van der Waals surface area (Å²) in [7, 11) is 0. The molecule has 0 fully saturated rings. The molecule has 0 spiro atoms. The van der Waals surface area contributed by atoms with E-state index in [1.54, 1.807) is 13.0 Å². The number of carbonyl (C=O) groups is 2. The zero-order valence-corrected chi connectivity index (χ0v) is 12.7. The Morgan fingerprint density at radius 3 is 2.48 bits per heavy atom. The average Bonchev–Trinajstić information content (AvgIpc) is 2.32. The van der Waals surface area contributed by atoms with Crippen molar-refractivity contribution in [2.45, 2.75) is 39.7 Å². The van der Waals surface area contributed by atoms with E-state index >= 15 is 0 Å². The maximum absolute atomic E-state index is 13.2. The van der Waals surface area contributed by atoms with E-state index in [2.05, 4.69) is 5.32 Å². The van der Waals surface area contributed by atoms with Crippen LogP contribution in [-0.2, 0) is 4.79 Å². The average molecular weight is 296 g/mol. The summed E-state index contributed by atoms with van der Waals surface area (Å²) in [4.78, 5) is 24.5. The molecule has 0 aliphatic carbocycles. The highest BCUT2D eigenvalue weighted by molar-refractivity contribution is 5.90. The van der Waals surface area contributed by atoms with E-state index < -0.39 is 23.4 Å². The predicted molar refractivity (Wildman–Crippen MR) is 78.9 cm³/mol. The Bertz CT molecular complexity index is 538. The molecule has 0 saturated carbocycles. The second kappa shape index (κ2) is 6.56. The molecule has 1 rings (SSSR count). The molecular weight excluding hydrogens is 275 g/mol. The summed E-state index contributed by atoms with van der Waals surface area (Å²) in [6.45, 7) is 7.28. The van der Waals surface area contributed by atoms with Gasteiger partial charge in [-0.05, 0) is 45.4 Å².